The van der Waals surface area contributed by atoms with Gasteiger partial charge in [-0.05, 0) is 24.3 Å². The summed E-state index contributed by atoms with van der Waals surface area (Å²) in [4.78, 5) is 40.0. The fourth-order valence-electron chi connectivity index (χ4n) is 2.56. The van der Waals surface area contributed by atoms with E-state index in [9.17, 15) is 14.4 Å². The number of para-hydroxylation sites is 2. The molecule has 2 aromatic carbocycles. The van der Waals surface area contributed by atoms with Crippen molar-refractivity contribution < 1.29 is 14.3 Å². The van der Waals surface area contributed by atoms with Crippen LogP contribution in [0.4, 0.5) is 5.69 Å². The number of nitrogens with zero attached hydrogens (tertiary/aromatic N) is 1. The number of methoxy groups -OCH3 is 2. The maximum absolute atomic E-state index is 12.8. The highest BCUT2D eigenvalue weighted by Crippen LogP contribution is 2.23. The van der Waals surface area contributed by atoms with E-state index in [0.717, 1.165) is 10.8 Å². The summed E-state index contributed by atoms with van der Waals surface area (Å²) in [6.45, 7) is 0. The predicted molar refractivity (Wildman–Crippen MR) is 100 cm³/mol. The molecule has 0 unspecified atom stereocenters. The second-order valence-electron chi connectivity index (χ2n) is 5.50. The number of benzene rings is 2. The molecular formula is C19H17N3O5. The first kappa shape index (κ1) is 18.0. The molecule has 8 nitrogen and oxygen atoms in total. The summed E-state index contributed by atoms with van der Waals surface area (Å²) >= 11 is 0. The Labute approximate surface area is 154 Å². The van der Waals surface area contributed by atoms with Crippen molar-refractivity contribution in [1.82, 2.24) is 9.55 Å². The number of aromatic nitrogens is 2. The van der Waals surface area contributed by atoms with Gasteiger partial charge in [0.1, 0.15) is 17.1 Å². The molecular weight excluding hydrogens is 350 g/mol. The molecule has 138 valence electrons. The average molecular weight is 367 g/mol. The van der Waals surface area contributed by atoms with Crippen molar-refractivity contribution in [2.75, 3.05) is 19.5 Å². The van der Waals surface area contributed by atoms with Gasteiger partial charge in [0.25, 0.3) is 11.5 Å². The van der Waals surface area contributed by atoms with Crippen LogP contribution in [0, 0.1) is 0 Å². The van der Waals surface area contributed by atoms with Gasteiger partial charge in [0.05, 0.1) is 25.6 Å². The summed E-state index contributed by atoms with van der Waals surface area (Å²) in [5, 5.41) is 2.62. The molecule has 0 aliphatic rings. The van der Waals surface area contributed by atoms with E-state index in [4.69, 9.17) is 9.47 Å². The number of aromatic amines is 1. The molecule has 0 bridgehead atoms. The number of nitrogens with one attached hydrogen (secondary N) is 2. The number of H-pyrrole nitrogens is 1. The average Bonchev–Trinajstić information content (AvgIpc) is 2.68. The monoisotopic (exact) mass is 367 g/mol. The lowest BCUT2D eigenvalue weighted by Gasteiger charge is -2.11. The maximum Gasteiger partial charge on any atom is 0.333 e. The number of ether oxygens (including phenoxy) is 2. The highest BCUT2D eigenvalue weighted by molar-refractivity contribution is 6.04. The standard InChI is InChI=1S/C19H17N3O5/c1-26-13-7-5-6-12(10-13)22-18(24)14(11-20-19(22)25)17(23)21-15-8-3-4-9-16(15)27-2/h3-11H,1-2H3,(H,20,25)(H,21,23). The Kier molecular flexibility index (Phi) is 5.07. The van der Waals surface area contributed by atoms with Crippen LogP contribution in [-0.2, 0) is 0 Å². The van der Waals surface area contributed by atoms with E-state index in [0.29, 0.717) is 17.2 Å². The number of anilines is 1. The van der Waals surface area contributed by atoms with Gasteiger partial charge < -0.3 is 19.8 Å². The van der Waals surface area contributed by atoms with Crippen molar-refractivity contribution in [3.63, 3.8) is 0 Å². The summed E-state index contributed by atoms with van der Waals surface area (Å²) in [6, 6.07) is 13.2. The number of amides is 1. The lowest BCUT2D eigenvalue weighted by atomic mass is 10.2. The van der Waals surface area contributed by atoms with Gasteiger partial charge in [-0.2, -0.15) is 0 Å². The van der Waals surface area contributed by atoms with Gasteiger partial charge in [-0.25, -0.2) is 9.36 Å². The highest BCUT2D eigenvalue weighted by atomic mass is 16.5. The molecule has 2 N–H and O–H groups in total. The SMILES string of the molecule is COc1cccc(-n2c(=O)[nH]cc(C(=O)Nc3ccccc3OC)c2=O)c1. The Balaban J connectivity index is 2.04. The normalized spacial score (nSPS) is 10.3. The minimum Gasteiger partial charge on any atom is -0.497 e. The molecule has 3 aromatic rings. The van der Waals surface area contributed by atoms with Crippen LogP contribution in [0.5, 0.6) is 11.5 Å². The fraction of sp³-hybridized carbons (Fsp3) is 0.105. The Hall–Kier alpha value is -3.81. The van der Waals surface area contributed by atoms with Crippen LogP contribution >= 0.6 is 0 Å². The number of carbonyl (C=O) groups excluding carboxylic acids is 1. The Morgan fingerprint density at radius 3 is 2.56 bits per heavy atom. The molecule has 0 spiro atoms. The van der Waals surface area contributed by atoms with Crippen LogP contribution in [0.25, 0.3) is 5.69 Å². The third-order valence-electron chi connectivity index (χ3n) is 3.89. The smallest absolute Gasteiger partial charge is 0.333 e. The molecule has 0 radical (unpaired) electrons. The van der Waals surface area contributed by atoms with Crippen LogP contribution in [0.2, 0.25) is 0 Å². The molecule has 1 heterocycles. The van der Waals surface area contributed by atoms with Crippen molar-refractivity contribution in [2.45, 2.75) is 0 Å². The van der Waals surface area contributed by atoms with Gasteiger partial charge in [0.2, 0.25) is 0 Å². The van der Waals surface area contributed by atoms with E-state index in [1.807, 2.05) is 0 Å². The van der Waals surface area contributed by atoms with Crippen molar-refractivity contribution in [2.24, 2.45) is 0 Å². The lowest BCUT2D eigenvalue weighted by molar-refractivity contribution is 0.102. The first-order chi connectivity index (χ1) is 13.0. The molecule has 0 atom stereocenters. The van der Waals surface area contributed by atoms with Crippen LogP contribution in [0.15, 0.2) is 64.3 Å². The van der Waals surface area contributed by atoms with Gasteiger partial charge in [0.15, 0.2) is 0 Å². The molecule has 0 saturated carbocycles. The summed E-state index contributed by atoms with van der Waals surface area (Å²) < 4.78 is 11.2. The topological polar surface area (TPSA) is 102 Å². The van der Waals surface area contributed by atoms with Crippen LogP contribution in [0.3, 0.4) is 0 Å². The van der Waals surface area contributed by atoms with E-state index >= 15 is 0 Å². The van der Waals surface area contributed by atoms with Gasteiger partial charge in [-0.3, -0.25) is 9.59 Å². The highest BCUT2D eigenvalue weighted by Gasteiger charge is 2.17. The third kappa shape index (κ3) is 3.59. The predicted octanol–water partition coefficient (Wildman–Crippen LogP) is 1.80. The minimum absolute atomic E-state index is 0.219. The molecule has 27 heavy (non-hydrogen) atoms. The van der Waals surface area contributed by atoms with E-state index in [2.05, 4.69) is 10.3 Å². The number of hydrogen-bond acceptors (Lipinski definition) is 5. The second-order valence-corrected chi connectivity index (χ2v) is 5.50. The van der Waals surface area contributed by atoms with Crippen LogP contribution in [0.1, 0.15) is 10.4 Å². The summed E-state index contributed by atoms with van der Waals surface area (Å²) in [5.41, 5.74) is -0.944. The summed E-state index contributed by atoms with van der Waals surface area (Å²) in [7, 11) is 2.95. The molecule has 3 rings (SSSR count). The summed E-state index contributed by atoms with van der Waals surface area (Å²) in [6.07, 6.45) is 1.09. The molecule has 0 fully saturated rings. The zero-order valence-electron chi connectivity index (χ0n) is 14.7. The quantitative estimate of drug-likeness (QED) is 0.716. The Morgan fingerprint density at radius 1 is 1.04 bits per heavy atom. The molecule has 8 heteroatoms. The van der Waals surface area contributed by atoms with Crippen LogP contribution in [-0.4, -0.2) is 29.7 Å². The molecule has 0 aliphatic carbocycles. The van der Waals surface area contributed by atoms with E-state index < -0.39 is 17.2 Å². The molecule has 1 amide bonds. The van der Waals surface area contributed by atoms with Crippen molar-refractivity contribution in [3.05, 3.63) is 81.1 Å². The molecule has 1 aromatic heterocycles. The third-order valence-corrected chi connectivity index (χ3v) is 3.89. The van der Waals surface area contributed by atoms with Crippen molar-refractivity contribution >= 4 is 11.6 Å². The van der Waals surface area contributed by atoms with E-state index in [1.54, 1.807) is 42.5 Å². The van der Waals surface area contributed by atoms with Crippen molar-refractivity contribution in [1.29, 1.82) is 0 Å². The molecule has 0 saturated heterocycles. The van der Waals surface area contributed by atoms with Gasteiger partial charge in [0, 0.05) is 12.3 Å². The summed E-state index contributed by atoms with van der Waals surface area (Å²) in [5.74, 6) is 0.253. The van der Waals surface area contributed by atoms with Gasteiger partial charge in [-0.15, -0.1) is 0 Å². The largest absolute Gasteiger partial charge is 0.497 e. The van der Waals surface area contributed by atoms with Gasteiger partial charge >= 0.3 is 5.69 Å². The van der Waals surface area contributed by atoms with Gasteiger partial charge in [-0.1, -0.05) is 18.2 Å². The first-order valence-corrected chi connectivity index (χ1v) is 7.98. The maximum atomic E-state index is 12.8. The number of hydrogen-bond donors (Lipinski definition) is 2. The fourth-order valence-corrected chi connectivity index (χ4v) is 2.56. The first-order valence-electron chi connectivity index (χ1n) is 7.98. The molecule has 0 aliphatic heterocycles. The lowest BCUT2D eigenvalue weighted by Crippen LogP contribution is -2.38. The number of rotatable bonds is 5. The van der Waals surface area contributed by atoms with E-state index in [-0.39, 0.29) is 11.3 Å². The van der Waals surface area contributed by atoms with Crippen molar-refractivity contribution in [3.8, 4) is 17.2 Å². The number of carbonyl (C=O) groups is 1. The zero-order chi connectivity index (χ0) is 19.4. The second kappa shape index (κ2) is 7.61. The minimum atomic E-state index is -0.751. The van der Waals surface area contributed by atoms with Crippen LogP contribution < -0.4 is 26.0 Å². The Bertz CT molecular complexity index is 1100. The zero-order valence-corrected chi connectivity index (χ0v) is 14.7. The Morgan fingerprint density at radius 2 is 1.81 bits per heavy atom. The van der Waals surface area contributed by atoms with E-state index in [1.165, 1.54) is 20.3 Å².